The molecule has 0 aromatic carbocycles. The predicted molar refractivity (Wildman–Crippen MR) is 92.8 cm³/mol. The Morgan fingerprint density at radius 3 is 2.72 bits per heavy atom. The summed E-state index contributed by atoms with van der Waals surface area (Å²) < 4.78 is 13.0. The van der Waals surface area contributed by atoms with Crippen molar-refractivity contribution in [2.75, 3.05) is 10.6 Å². The highest BCUT2D eigenvalue weighted by atomic mass is 19.1. The summed E-state index contributed by atoms with van der Waals surface area (Å²) in [5, 5.41) is 20.6. The first-order valence-corrected chi connectivity index (χ1v) is 7.59. The standard InChI is InChI=1S/C16H17FN8/c1-9-5-14(25-24-9)22-15-8-20-13(6-18)16(23-15)21-10(2)12-4-3-11(17)7-19-12/h3-8,10,18H,1-2H3,(H3,21,22,23,24,25)/t10-/m0/s1. The average molecular weight is 340 g/mol. The second-order valence-corrected chi connectivity index (χ2v) is 5.46. The van der Waals surface area contributed by atoms with Crippen LogP contribution in [0.15, 0.2) is 30.6 Å². The summed E-state index contributed by atoms with van der Waals surface area (Å²) in [6, 6.07) is 4.54. The van der Waals surface area contributed by atoms with Gasteiger partial charge in [-0.3, -0.25) is 10.1 Å². The van der Waals surface area contributed by atoms with Gasteiger partial charge >= 0.3 is 0 Å². The van der Waals surface area contributed by atoms with Crippen LogP contribution in [0.5, 0.6) is 0 Å². The van der Waals surface area contributed by atoms with Crippen LogP contribution >= 0.6 is 0 Å². The maximum atomic E-state index is 13.0. The van der Waals surface area contributed by atoms with Crippen molar-refractivity contribution in [2.45, 2.75) is 19.9 Å². The molecule has 3 heterocycles. The summed E-state index contributed by atoms with van der Waals surface area (Å²) in [7, 11) is 0. The Morgan fingerprint density at radius 2 is 2.08 bits per heavy atom. The minimum atomic E-state index is -0.392. The molecule has 0 fully saturated rings. The summed E-state index contributed by atoms with van der Waals surface area (Å²) in [5.41, 5.74) is 1.96. The zero-order valence-electron chi connectivity index (χ0n) is 13.7. The Hall–Kier alpha value is -3.36. The maximum Gasteiger partial charge on any atom is 0.156 e. The van der Waals surface area contributed by atoms with E-state index < -0.39 is 5.82 Å². The van der Waals surface area contributed by atoms with Gasteiger partial charge in [-0.05, 0) is 26.0 Å². The van der Waals surface area contributed by atoms with Crippen LogP contribution < -0.4 is 10.6 Å². The molecule has 3 aromatic rings. The third-order valence-electron chi connectivity index (χ3n) is 3.45. The number of aryl methyl sites for hydroxylation is 1. The number of nitrogens with one attached hydrogen (secondary N) is 4. The van der Waals surface area contributed by atoms with E-state index in [1.54, 1.807) is 6.07 Å². The van der Waals surface area contributed by atoms with E-state index in [9.17, 15) is 4.39 Å². The molecule has 0 aliphatic rings. The van der Waals surface area contributed by atoms with Gasteiger partial charge in [0.05, 0.1) is 24.1 Å². The Kier molecular flexibility index (Phi) is 4.64. The van der Waals surface area contributed by atoms with Crippen LogP contribution in [-0.4, -0.2) is 31.4 Å². The molecule has 1 atom stereocenters. The van der Waals surface area contributed by atoms with E-state index in [0.717, 1.165) is 18.1 Å². The van der Waals surface area contributed by atoms with Gasteiger partial charge in [0.25, 0.3) is 0 Å². The zero-order chi connectivity index (χ0) is 17.8. The molecule has 3 rings (SSSR count). The number of hydrogen-bond acceptors (Lipinski definition) is 7. The van der Waals surface area contributed by atoms with Crippen molar-refractivity contribution >= 4 is 23.7 Å². The SMILES string of the molecule is Cc1cc(Nc2cnc(C=N)c(N[C@@H](C)c3ccc(F)cn3)n2)n[nH]1. The second-order valence-electron chi connectivity index (χ2n) is 5.46. The van der Waals surface area contributed by atoms with E-state index in [-0.39, 0.29) is 6.04 Å². The Balaban J connectivity index is 1.82. The van der Waals surface area contributed by atoms with Gasteiger partial charge in [-0.15, -0.1) is 0 Å². The van der Waals surface area contributed by atoms with Gasteiger partial charge < -0.3 is 16.0 Å². The number of anilines is 3. The van der Waals surface area contributed by atoms with E-state index in [4.69, 9.17) is 5.41 Å². The number of halogens is 1. The second kappa shape index (κ2) is 7.04. The van der Waals surface area contributed by atoms with Crippen LogP contribution in [0.1, 0.15) is 30.0 Å². The fraction of sp³-hybridized carbons (Fsp3) is 0.188. The van der Waals surface area contributed by atoms with E-state index in [1.807, 2.05) is 19.9 Å². The number of hydrogen-bond donors (Lipinski definition) is 4. The molecule has 8 nitrogen and oxygen atoms in total. The van der Waals surface area contributed by atoms with Crippen molar-refractivity contribution in [1.29, 1.82) is 5.41 Å². The largest absolute Gasteiger partial charge is 0.360 e. The summed E-state index contributed by atoms with van der Waals surface area (Å²) in [5.74, 6) is 1.13. The topological polar surface area (TPSA) is 115 Å². The van der Waals surface area contributed by atoms with Gasteiger partial charge in [0.1, 0.15) is 11.5 Å². The van der Waals surface area contributed by atoms with Crippen molar-refractivity contribution in [3.8, 4) is 0 Å². The lowest BCUT2D eigenvalue weighted by Gasteiger charge is -2.16. The van der Waals surface area contributed by atoms with Crippen molar-refractivity contribution in [2.24, 2.45) is 0 Å². The molecular weight excluding hydrogens is 323 g/mol. The molecule has 0 saturated carbocycles. The van der Waals surface area contributed by atoms with Crippen molar-refractivity contribution < 1.29 is 4.39 Å². The van der Waals surface area contributed by atoms with E-state index >= 15 is 0 Å². The monoisotopic (exact) mass is 340 g/mol. The van der Waals surface area contributed by atoms with Gasteiger partial charge in [-0.25, -0.2) is 14.4 Å². The number of H-pyrrole nitrogens is 1. The van der Waals surface area contributed by atoms with Crippen LogP contribution in [0.4, 0.5) is 21.8 Å². The third kappa shape index (κ3) is 3.94. The molecule has 25 heavy (non-hydrogen) atoms. The van der Waals surface area contributed by atoms with Crippen LogP contribution in [0, 0.1) is 18.2 Å². The fourth-order valence-corrected chi connectivity index (χ4v) is 2.21. The highest BCUT2D eigenvalue weighted by molar-refractivity contribution is 5.82. The molecule has 3 aromatic heterocycles. The Morgan fingerprint density at radius 1 is 1.24 bits per heavy atom. The summed E-state index contributed by atoms with van der Waals surface area (Å²) in [6.45, 7) is 3.76. The minimum absolute atomic E-state index is 0.239. The molecule has 0 unspecified atom stereocenters. The first-order chi connectivity index (χ1) is 12.0. The normalized spacial score (nSPS) is 11.8. The number of aromatic amines is 1. The zero-order valence-corrected chi connectivity index (χ0v) is 13.7. The molecule has 0 aliphatic heterocycles. The number of rotatable bonds is 6. The van der Waals surface area contributed by atoms with Crippen LogP contribution in [0.3, 0.4) is 0 Å². The van der Waals surface area contributed by atoms with Gasteiger partial charge in [-0.1, -0.05) is 0 Å². The predicted octanol–water partition coefficient (Wildman–Crippen LogP) is 2.96. The lowest BCUT2D eigenvalue weighted by molar-refractivity contribution is 0.617. The van der Waals surface area contributed by atoms with E-state index in [1.165, 1.54) is 12.3 Å². The van der Waals surface area contributed by atoms with E-state index in [2.05, 4.69) is 35.8 Å². The van der Waals surface area contributed by atoms with Gasteiger partial charge in [0.15, 0.2) is 17.5 Å². The van der Waals surface area contributed by atoms with Gasteiger partial charge in [0.2, 0.25) is 0 Å². The smallest absolute Gasteiger partial charge is 0.156 e. The Bertz CT molecular complexity index is 874. The quantitative estimate of drug-likeness (QED) is 0.513. The number of nitrogens with zero attached hydrogens (tertiary/aromatic N) is 4. The first kappa shape index (κ1) is 16.5. The van der Waals surface area contributed by atoms with Crippen LogP contribution in [0.2, 0.25) is 0 Å². The molecule has 4 N–H and O–H groups in total. The fourth-order valence-electron chi connectivity index (χ4n) is 2.21. The first-order valence-electron chi connectivity index (χ1n) is 7.59. The lowest BCUT2D eigenvalue weighted by atomic mass is 10.2. The molecule has 0 radical (unpaired) electrons. The van der Waals surface area contributed by atoms with Crippen LogP contribution in [0.25, 0.3) is 0 Å². The number of aromatic nitrogens is 5. The van der Waals surface area contributed by atoms with Crippen LogP contribution in [-0.2, 0) is 0 Å². The molecule has 0 bridgehead atoms. The molecule has 9 heteroatoms. The molecule has 0 amide bonds. The third-order valence-corrected chi connectivity index (χ3v) is 3.45. The highest BCUT2D eigenvalue weighted by Gasteiger charge is 2.12. The summed E-state index contributed by atoms with van der Waals surface area (Å²) in [6.07, 6.45) is 3.80. The molecular formula is C16H17FN8. The Labute approximate surface area is 143 Å². The highest BCUT2D eigenvalue weighted by Crippen LogP contribution is 2.21. The maximum absolute atomic E-state index is 13.0. The van der Waals surface area contributed by atoms with Gasteiger partial charge in [0, 0.05) is 18.0 Å². The van der Waals surface area contributed by atoms with Gasteiger partial charge in [-0.2, -0.15) is 5.10 Å². The van der Waals surface area contributed by atoms with Crippen molar-refractivity contribution in [3.05, 3.63) is 53.5 Å². The molecule has 0 saturated heterocycles. The summed E-state index contributed by atoms with van der Waals surface area (Å²) in [4.78, 5) is 12.7. The van der Waals surface area contributed by atoms with Crippen molar-refractivity contribution in [3.63, 3.8) is 0 Å². The molecule has 0 spiro atoms. The minimum Gasteiger partial charge on any atom is -0.360 e. The molecule has 128 valence electrons. The average Bonchev–Trinajstić information content (AvgIpc) is 3.00. The van der Waals surface area contributed by atoms with E-state index in [0.29, 0.717) is 28.8 Å². The molecule has 0 aliphatic carbocycles. The lowest BCUT2D eigenvalue weighted by Crippen LogP contribution is -2.13. The summed E-state index contributed by atoms with van der Waals surface area (Å²) >= 11 is 0. The van der Waals surface area contributed by atoms with Crippen molar-refractivity contribution in [1.82, 2.24) is 25.1 Å². The number of pyridine rings is 1.